The first-order valence-corrected chi connectivity index (χ1v) is 6.46. The van der Waals surface area contributed by atoms with E-state index in [1.165, 1.54) is 14.0 Å². The number of aromatic amines is 1. The van der Waals surface area contributed by atoms with E-state index in [4.69, 9.17) is 0 Å². The molecule has 1 heterocycles. The number of methoxy groups -OCH3 is 1. The minimum Gasteiger partial charge on any atom is -0.464 e. The van der Waals surface area contributed by atoms with E-state index in [-0.39, 0.29) is 5.91 Å². The lowest BCUT2D eigenvalue weighted by atomic mass is 10.2. The van der Waals surface area contributed by atoms with Crippen molar-refractivity contribution < 1.29 is 14.3 Å². The van der Waals surface area contributed by atoms with Gasteiger partial charge in [-0.05, 0) is 30.3 Å². The Labute approximate surface area is 122 Å². The number of amides is 1. The van der Waals surface area contributed by atoms with Crippen LogP contribution in [0.4, 0.5) is 11.4 Å². The maximum Gasteiger partial charge on any atom is 0.354 e. The van der Waals surface area contributed by atoms with Gasteiger partial charge in [-0.2, -0.15) is 0 Å². The van der Waals surface area contributed by atoms with Crippen LogP contribution >= 0.6 is 0 Å². The largest absolute Gasteiger partial charge is 0.464 e. The maximum atomic E-state index is 11.3. The summed E-state index contributed by atoms with van der Waals surface area (Å²) in [5.74, 6) is -0.506. The topological polar surface area (TPSA) is 83.2 Å². The summed E-state index contributed by atoms with van der Waals surface area (Å²) in [6, 6.07) is 10.9. The van der Waals surface area contributed by atoms with E-state index in [9.17, 15) is 9.59 Å². The number of anilines is 2. The number of hydrogen-bond donors (Lipinski definition) is 3. The number of aromatic nitrogens is 1. The molecule has 6 heteroatoms. The van der Waals surface area contributed by atoms with Crippen LogP contribution in [0, 0.1) is 0 Å². The van der Waals surface area contributed by atoms with Crippen LogP contribution < -0.4 is 10.6 Å². The van der Waals surface area contributed by atoms with Crippen LogP contribution in [0.3, 0.4) is 0 Å². The smallest absolute Gasteiger partial charge is 0.354 e. The van der Waals surface area contributed by atoms with Gasteiger partial charge in [-0.3, -0.25) is 4.79 Å². The van der Waals surface area contributed by atoms with Crippen LogP contribution in [-0.2, 0) is 16.1 Å². The summed E-state index contributed by atoms with van der Waals surface area (Å²) < 4.78 is 4.63. The summed E-state index contributed by atoms with van der Waals surface area (Å²) in [5.41, 5.74) is 2.88. The molecule has 1 aromatic heterocycles. The first kappa shape index (κ1) is 14.6. The van der Waals surface area contributed by atoms with Crippen molar-refractivity contribution in [1.29, 1.82) is 0 Å². The van der Waals surface area contributed by atoms with Crippen LogP contribution in [0.15, 0.2) is 36.4 Å². The molecule has 0 aliphatic heterocycles. The van der Waals surface area contributed by atoms with Crippen molar-refractivity contribution in [2.45, 2.75) is 13.5 Å². The fourth-order valence-corrected chi connectivity index (χ4v) is 1.88. The van der Waals surface area contributed by atoms with Crippen molar-refractivity contribution in [3.8, 4) is 0 Å². The average Bonchev–Trinajstić information content (AvgIpc) is 2.93. The van der Waals surface area contributed by atoms with Gasteiger partial charge in [0.15, 0.2) is 0 Å². The van der Waals surface area contributed by atoms with Gasteiger partial charge in [-0.15, -0.1) is 0 Å². The highest BCUT2D eigenvalue weighted by atomic mass is 16.5. The van der Waals surface area contributed by atoms with Gasteiger partial charge in [0.2, 0.25) is 5.91 Å². The monoisotopic (exact) mass is 287 g/mol. The van der Waals surface area contributed by atoms with Gasteiger partial charge in [-0.1, -0.05) is 6.07 Å². The first-order valence-electron chi connectivity index (χ1n) is 6.46. The lowest BCUT2D eigenvalue weighted by Crippen LogP contribution is -2.06. The van der Waals surface area contributed by atoms with E-state index in [1.54, 1.807) is 6.07 Å². The summed E-state index contributed by atoms with van der Waals surface area (Å²) in [5, 5.41) is 5.93. The quantitative estimate of drug-likeness (QED) is 0.737. The zero-order valence-electron chi connectivity index (χ0n) is 11.9. The molecular weight excluding hydrogens is 270 g/mol. The standard InChI is InChI=1S/C15H17N3O3/c1-10(19)17-12-5-3-4-11(8-12)16-9-13-6-7-14(18-13)15(20)21-2/h3-8,16,18H,9H2,1-2H3,(H,17,19). The number of nitrogens with one attached hydrogen (secondary N) is 3. The maximum absolute atomic E-state index is 11.3. The molecule has 0 saturated carbocycles. The lowest BCUT2D eigenvalue weighted by Gasteiger charge is -2.08. The van der Waals surface area contributed by atoms with Crippen molar-refractivity contribution in [3.05, 3.63) is 47.8 Å². The van der Waals surface area contributed by atoms with E-state index >= 15 is 0 Å². The van der Waals surface area contributed by atoms with E-state index in [1.807, 2.05) is 30.3 Å². The number of ether oxygens (including phenoxy) is 1. The molecule has 6 nitrogen and oxygen atoms in total. The highest BCUT2D eigenvalue weighted by Crippen LogP contribution is 2.16. The highest BCUT2D eigenvalue weighted by molar-refractivity contribution is 5.89. The molecule has 0 bridgehead atoms. The summed E-state index contributed by atoms with van der Waals surface area (Å²) >= 11 is 0. The third-order valence-corrected chi connectivity index (χ3v) is 2.82. The summed E-state index contributed by atoms with van der Waals surface area (Å²) in [4.78, 5) is 25.3. The molecule has 0 atom stereocenters. The van der Waals surface area contributed by atoms with Crippen molar-refractivity contribution >= 4 is 23.3 Å². The number of rotatable bonds is 5. The fourth-order valence-electron chi connectivity index (χ4n) is 1.88. The minimum atomic E-state index is -0.395. The van der Waals surface area contributed by atoms with Crippen LogP contribution in [0.25, 0.3) is 0 Å². The second-order valence-electron chi connectivity index (χ2n) is 4.50. The molecule has 0 unspecified atom stereocenters. The van der Waals surface area contributed by atoms with Gasteiger partial charge in [0.05, 0.1) is 13.7 Å². The molecule has 3 N–H and O–H groups in total. The van der Waals surface area contributed by atoms with Crippen molar-refractivity contribution in [1.82, 2.24) is 4.98 Å². The van der Waals surface area contributed by atoms with Gasteiger partial charge in [-0.25, -0.2) is 4.79 Å². The number of hydrogen-bond acceptors (Lipinski definition) is 4. The molecular formula is C15H17N3O3. The molecule has 2 rings (SSSR count). The van der Waals surface area contributed by atoms with Crippen LogP contribution in [0.5, 0.6) is 0 Å². The molecule has 0 aliphatic carbocycles. The third kappa shape index (κ3) is 4.10. The van der Waals surface area contributed by atoms with Gasteiger partial charge < -0.3 is 20.4 Å². The lowest BCUT2D eigenvalue weighted by molar-refractivity contribution is -0.114. The Balaban J connectivity index is 1.98. The molecule has 0 spiro atoms. The Kier molecular flexibility index (Phi) is 4.61. The molecule has 0 aliphatic rings. The summed E-state index contributed by atoms with van der Waals surface area (Å²) in [6.07, 6.45) is 0. The Morgan fingerprint density at radius 1 is 1.19 bits per heavy atom. The number of benzene rings is 1. The second-order valence-corrected chi connectivity index (χ2v) is 4.50. The molecule has 0 fully saturated rings. The Morgan fingerprint density at radius 3 is 2.67 bits per heavy atom. The molecule has 2 aromatic rings. The molecule has 110 valence electrons. The normalized spacial score (nSPS) is 10.0. The van der Waals surface area contributed by atoms with Crippen LogP contribution in [0.2, 0.25) is 0 Å². The molecule has 0 radical (unpaired) electrons. The van der Waals surface area contributed by atoms with Gasteiger partial charge in [0.25, 0.3) is 0 Å². The number of esters is 1. The van der Waals surface area contributed by atoms with Crippen LogP contribution in [-0.4, -0.2) is 24.0 Å². The molecule has 21 heavy (non-hydrogen) atoms. The Hall–Kier alpha value is -2.76. The van der Waals surface area contributed by atoms with Crippen molar-refractivity contribution in [3.63, 3.8) is 0 Å². The van der Waals surface area contributed by atoms with Crippen molar-refractivity contribution in [2.75, 3.05) is 17.7 Å². The predicted octanol–water partition coefficient (Wildman–Crippen LogP) is 2.37. The van der Waals surface area contributed by atoms with Crippen LogP contribution in [0.1, 0.15) is 23.1 Å². The molecule has 0 saturated heterocycles. The fraction of sp³-hybridized carbons (Fsp3) is 0.200. The van der Waals surface area contributed by atoms with E-state index < -0.39 is 5.97 Å². The van der Waals surface area contributed by atoms with Gasteiger partial charge in [0.1, 0.15) is 5.69 Å². The minimum absolute atomic E-state index is 0.112. The number of carbonyl (C=O) groups excluding carboxylic acids is 2. The molecule has 1 aromatic carbocycles. The van der Waals surface area contributed by atoms with E-state index in [2.05, 4.69) is 20.4 Å². The SMILES string of the molecule is COC(=O)c1ccc(CNc2cccc(NC(C)=O)c2)[nH]1. The van der Waals surface area contributed by atoms with Gasteiger partial charge >= 0.3 is 5.97 Å². The predicted molar refractivity (Wildman–Crippen MR) is 80.2 cm³/mol. The third-order valence-electron chi connectivity index (χ3n) is 2.82. The highest BCUT2D eigenvalue weighted by Gasteiger charge is 2.07. The van der Waals surface area contributed by atoms with Crippen molar-refractivity contribution in [2.24, 2.45) is 0 Å². The Morgan fingerprint density at radius 2 is 1.95 bits per heavy atom. The van der Waals surface area contributed by atoms with E-state index in [0.29, 0.717) is 12.2 Å². The van der Waals surface area contributed by atoms with Gasteiger partial charge in [0, 0.05) is 24.0 Å². The first-order chi connectivity index (χ1) is 10.1. The molecule has 1 amide bonds. The summed E-state index contributed by atoms with van der Waals surface area (Å²) in [7, 11) is 1.34. The summed E-state index contributed by atoms with van der Waals surface area (Å²) in [6.45, 7) is 1.99. The average molecular weight is 287 g/mol. The second kappa shape index (κ2) is 6.60. The number of carbonyl (C=O) groups is 2. The number of H-pyrrole nitrogens is 1. The Bertz CT molecular complexity index is 649. The zero-order chi connectivity index (χ0) is 15.2. The zero-order valence-corrected chi connectivity index (χ0v) is 11.9. The van der Waals surface area contributed by atoms with E-state index in [0.717, 1.165) is 17.1 Å².